The van der Waals surface area contributed by atoms with Crippen molar-refractivity contribution in [1.29, 1.82) is 0 Å². The first-order chi connectivity index (χ1) is 6.54. The van der Waals surface area contributed by atoms with Gasteiger partial charge in [-0.05, 0) is 27.7 Å². The average Bonchev–Trinajstić information content (AvgIpc) is 1.97. The van der Waals surface area contributed by atoms with Crippen LogP contribution in [0.3, 0.4) is 0 Å². The van der Waals surface area contributed by atoms with Crippen molar-refractivity contribution in [3.05, 3.63) is 0 Å². The number of hydrogen-bond acceptors (Lipinski definition) is 4. The number of ether oxygens (including phenoxy) is 1. The van der Waals surface area contributed by atoms with Crippen molar-refractivity contribution in [2.24, 2.45) is 5.73 Å². The molecule has 0 rings (SSSR count). The minimum atomic E-state index is -1.49. The van der Waals surface area contributed by atoms with Crippen LogP contribution in [0.2, 0.25) is 0 Å². The van der Waals surface area contributed by atoms with Crippen LogP contribution >= 0.6 is 0 Å². The molecule has 0 aliphatic rings. The van der Waals surface area contributed by atoms with E-state index in [1.807, 2.05) is 0 Å². The number of aliphatic carboxylic acids is 1. The minimum Gasteiger partial charge on any atom is -0.480 e. The van der Waals surface area contributed by atoms with Crippen molar-refractivity contribution < 1.29 is 19.4 Å². The number of amides is 1. The number of carboxylic acids is 1. The third kappa shape index (κ3) is 5.90. The van der Waals surface area contributed by atoms with E-state index in [9.17, 15) is 9.59 Å². The smallest absolute Gasteiger partial charge is 0.407 e. The fourth-order valence-corrected chi connectivity index (χ4v) is 0.646. The van der Waals surface area contributed by atoms with E-state index in [0.717, 1.165) is 0 Å². The Morgan fingerprint density at radius 1 is 1.33 bits per heavy atom. The van der Waals surface area contributed by atoms with Gasteiger partial charge in [0.25, 0.3) is 0 Å². The number of nitrogens with two attached hydrogens (primary N) is 1. The van der Waals surface area contributed by atoms with Gasteiger partial charge in [0.1, 0.15) is 11.1 Å². The van der Waals surface area contributed by atoms with Gasteiger partial charge in [-0.3, -0.25) is 4.79 Å². The van der Waals surface area contributed by atoms with Gasteiger partial charge in [-0.2, -0.15) is 0 Å². The summed E-state index contributed by atoms with van der Waals surface area (Å²) in [5.41, 5.74) is 3.30. The Kier molecular flexibility index (Phi) is 4.09. The van der Waals surface area contributed by atoms with Crippen LogP contribution in [0.5, 0.6) is 0 Å². The molecule has 0 bridgehead atoms. The Labute approximate surface area is 88.8 Å². The van der Waals surface area contributed by atoms with E-state index in [1.54, 1.807) is 20.8 Å². The van der Waals surface area contributed by atoms with Crippen LogP contribution in [0.1, 0.15) is 27.7 Å². The summed E-state index contributed by atoms with van der Waals surface area (Å²) in [6.45, 7) is 6.27. The van der Waals surface area contributed by atoms with Crippen molar-refractivity contribution in [1.82, 2.24) is 5.32 Å². The SMILES string of the molecule is CC(C)(C)OC(=O)NCC(C)(N)C(=O)O. The summed E-state index contributed by atoms with van der Waals surface area (Å²) in [5.74, 6) is -1.18. The molecule has 1 atom stereocenters. The molecule has 6 nitrogen and oxygen atoms in total. The highest BCUT2D eigenvalue weighted by Crippen LogP contribution is 2.06. The lowest BCUT2D eigenvalue weighted by Crippen LogP contribution is -2.54. The Bertz CT molecular complexity index is 255. The van der Waals surface area contributed by atoms with Gasteiger partial charge in [0, 0.05) is 6.54 Å². The fourth-order valence-electron chi connectivity index (χ4n) is 0.646. The second-order valence-electron chi connectivity index (χ2n) is 4.58. The molecule has 0 aromatic rings. The average molecular weight is 218 g/mol. The summed E-state index contributed by atoms with van der Waals surface area (Å²) in [4.78, 5) is 21.7. The molecule has 1 unspecified atom stereocenters. The van der Waals surface area contributed by atoms with Crippen LogP contribution in [0.25, 0.3) is 0 Å². The summed E-state index contributed by atoms with van der Waals surface area (Å²) in [6, 6.07) is 0. The molecule has 0 radical (unpaired) electrons. The first kappa shape index (κ1) is 13.7. The highest BCUT2D eigenvalue weighted by Gasteiger charge is 2.29. The molecule has 1 amide bonds. The Hall–Kier alpha value is -1.30. The van der Waals surface area contributed by atoms with E-state index in [1.165, 1.54) is 6.92 Å². The second kappa shape index (κ2) is 4.48. The predicted molar refractivity (Wildman–Crippen MR) is 54.5 cm³/mol. The molecule has 6 heteroatoms. The molecule has 0 aromatic carbocycles. The third-order valence-corrected chi connectivity index (χ3v) is 1.49. The molecular weight excluding hydrogens is 200 g/mol. The molecule has 4 N–H and O–H groups in total. The Morgan fingerprint density at radius 2 is 1.80 bits per heavy atom. The van der Waals surface area contributed by atoms with Crippen LogP contribution < -0.4 is 11.1 Å². The maximum absolute atomic E-state index is 11.1. The number of carboxylic acid groups (broad SMARTS) is 1. The van der Waals surface area contributed by atoms with Crippen molar-refractivity contribution in [3.8, 4) is 0 Å². The molecule has 0 spiro atoms. The van der Waals surface area contributed by atoms with Crippen LogP contribution in [0, 0.1) is 0 Å². The first-order valence-corrected chi connectivity index (χ1v) is 4.54. The Balaban J connectivity index is 4.07. The van der Waals surface area contributed by atoms with Crippen LogP contribution in [-0.4, -0.2) is 34.9 Å². The summed E-state index contributed by atoms with van der Waals surface area (Å²) in [7, 11) is 0. The molecular formula is C9H18N2O4. The number of carbonyl (C=O) groups excluding carboxylic acids is 1. The highest BCUT2D eigenvalue weighted by molar-refractivity contribution is 5.79. The highest BCUT2D eigenvalue weighted by atomic mass is 16.6. The van der Waals surface area contributed by atoms with Crippen molar-refractivity contribution in [2.75, 3.05) is 6.54 Å². The fraction of sp³-hybridized carbons (Fsp3) is 0.778. The molecule has 0 fully saturated rings. The van der Waals surface area contributed by atoms with Gasteiger partial charge in [-0.15, -0.1) is 0 Å². The van der Waals surface area contributed by atoms with Crippen molar-refractivity contribution in [3.63, 3.8) is 0 Å². The van der Waals surface area contributed by atoms with Crippen molar-refractivity contribution in [2.45, 2.75) is 38.8 Å². The summed E-state index contributed by atoms with van der Waals surface area (Å²) >= 11 is 0. The minimum absolute atomic E-state index is 0.183. The van der Waals surface area contributed by atoms with Gasteiger partial charge in [-0.25, -0.2) is 4.79 Å². The summed E-state index contributed by atoms with van der Waals surface area (Å²) < 4.78 is 4.91. The van der Waals surface area contributed by atoms with Gasteiger partial charge in [0.2, 0.25) is 0 Å². The monoisotopic (exact) mass is 218 g/mol. The Morgan fingerprint density at radius 3 is 2.13 bits per heavy atom. The van der Waals surface area contributed by atoms with E-state index in [0.29, 0.717) is 0 Å². The van der Waals surface area contributed by atoms with Crippen molar-refractivity contribution >= 4 is 12.1 Å². The maximum atomic E-state index is 11.1. The summed E-state index contributed by atoms with van der Waals surface area (Å²) in [5, 5.41) is 11.0. The van der Waals surface area contributed by atoms with Crippen LogP contribution in [-0.2, 0) is 9.53 Å². The topological polar surface area (TPSA) is 102 Å². The molecule has 0 aliphatic heterocycles. The van der Waals surface area contributed by atoms with Gasteiger partial charge in [0.15, 0.2) is 0 Å². The standard InChI is InChI=1S/C9H18N2O4/c1-8(2,3)15-7(14)11-5-9(4,10)6(12)13/h5,10H2,1-4H3,(H,11,14)(H,12,13). The van der Waals surface area contributed by atoms with E-state index in [4.69, 9.17) is 15.6 Å². The maximum Gasteiger partial charge on any atom is 0.407 e. The largest absolute Gasteiger partial charge is 0.480 e. The molecule has 88 valence electrons. The zero-order chi connectivity index (χ0) is 12.3. The van der Waals surface area contributed by atoms with Gasteiger partial charge in [0.05, 0.1) is 0 Å². The predicted octanol–water partition coefficient (Wildman–Crippen LogP) is 0.313. The third-order valence-electron chi connectivity index (χ3n) is 1.49. The number of carbonyl (C=O) groups is 2. The number of alkyl carbamates (subject to hydrolysis) is 1. The van der Waals surface area contributed by atoms with E-state index in [-0.39, 0.29) is 6.54 Å². The molecule has 0 saturated heterocycles. The second-order valence-corrected chi connectivity index (χ2v) is 4.58. The number of rotatable bonds is 3. The van der Waals surface area contributed by atoms with Gasteiger partial charge in [-0.1, -0.05) is 0 Å². The van der Waals surface area contributed by atoms with Crippen LogP contribution in [0.4, 0.5) is 4.79 Å². The lowest BCUT2D eigenvalue weighted by molar-refractivity contribution is -0.142. The van der Waals surface area contributed by atoms with E-state index in [2.05, 4.69) is 5.32 Å². The first-order valence-electron chi connectivity index (χ1n) is 4.54. The zero-order valence-electron chi connectivity index (χ0n) is 9.46. The lowest BCUT2D eigenvalue weighted by atomic mass is 10.1. The molecule has 0 saturated carbocycles. The van der Waals surface area contributed by atoms with E-state index < -0.39 is 23.2 Å². The number of nitrogens with one attached hydrogen (secondary N) is 1. The normalized spacial score (nSPS) is 15.3. The lowest BCUT2D eigenvalue weighted by Gasteiger charge is -2.23. The quantitative estimate of drug-likeness (QED) is 0.633. The molecule has 0 aromatic heterocycles. The van der Waals surface area contributed by atoms with Gasteiger partial charge < -0.3 is 20.9 Å². The van der Waals surface area contributed by atoms with E-state index >= 15 is 0 Å². The molecule has 0 aliphatic carbocycles. The van der Waals surface area contributed by atoms with Crippen LogP contribution in [0.15, 0.2) is 0 Å². The summed E-state index contributed by atoms with van der Waals surface area (Å²) in [6.07, 6.45) is -0.680. The van der Waals surface area contributed by atoms with Gasteiger partial charge >= 0.3 is 12.1 Å². The molecule has 0 heterocycles. The molecule has 15 heavy (non-hydrogen) atoms. The zero-order valence-corrected chi connectivity index (χ0v) is 9.46. The number of hydrogen-bond donors (Lipinski definition) is 3.